The second-order valence-corrected chi connectivity index (χ2v) is 6.18. The molecule has 1 aromatic carbocycles. The first-order valence-electron chi connectivity index (χ1n) is 6.02. The minimum atomic E-state index is -3.89. The second kappa shape index (κ2) is 4.81. The smallest absolute Gasteiger partial charge is 0.263 e. The van der Waals surface area contributed by atoms with Crippen molar-refractivity contribution in [3.63, 3.8) is 0 Å². The molecule has 0 spiro atoms. The highest BCUT2D eigenvalue weighted by molar-refractivity contribution is 7.92. The molecular weight excluding hydrogens is 297 g/mol. The van der Waals surface area contributed by atoms with Crippen LogP contribution >= 0.6 is 0 Å². The van der Waals surface area contributed by atoms with E-state index in [2.05, 4.69) is 15.0 Å². The predicted molar refractivity (Wildman–Crippen MR) is 73.8 cm³/mol. The Morgan fingerprint density at radius 2 is 2.05 bits per heavy atom. The fourth-order valence-electron chi connectivity index (χ4n) is 2.03. The van der Waals surface area contributed by atoms with Crippen LogP contribution in [0.25, 0.3) is 0 Å². The third-order valence-corrected chi connectivity index (χ3v) is 4.32. The van der Waals surface area contributed by atoms with E-state index in [0.717, 1.165) is 6.07 Å². The molecule has 0 saturated carbocycles. The molecule has 1 aromatic heterocycles. The van der Waals surface area contributed by atoms with Gasteiger partial charge in [-0.05, 0) is 35.9 Å². The van der Waals surface area contributed by atoms with Gasteiger partial charge in [-0.3, -0.25) is 9.52 Å². The lowest BCUT2D eigenvalue weighted by Crippen LogP contribution is -2.14. The van der Waals surface area contributed by atoms with Crippen molar-refractivity contribution in [3.05, 3.63) is 47.9 Å². The first-order valence-corrected chi connectivity index (χ1v) is 7.50. The van der Waals surface area contributed by atoms with Crippen LogP contribution in [-0.4, -0.2) is 19.3 Å². The molecule has 1 aliphatic heterocycles. The average Bonchev–Trinajstić information content (AvgIpc) is 2.77. The van der Waals surface area contributed by atoms with Crippen molar-refractivity contribution in [3.8, 4) is 0 Å². The summed E-state index contributed by atoms with van der Waals surface area (Å²) >= 11 is 0. The number of anilines is 2. The summed E-state index contributed by atoms with van der Waals surface area (Å²) in [7, 11) is -3.89. The highest BCUT2D eigenvalue weighted by Gasteiger charge is 2.22. The Kier molecular flexibility index (Phi) is 3.09. The molecule has 1 amide bonds. The molecule has 2 aromatic rings. The molecule has 3 rings (SSSR count). The van der Waals surface area contributed by atoms with E-state index >= 15 is 0 Å². The van der Waals surface area contributed by atoms with Gasteiger partial charge in [0.1, 0.15) is 5.82 Å². The summed E-state index contributed by atoms with van der Waals surface area (Å²) in [4.78, 5) is 14.7. The van der Waals surface area contributed by atoms with Crippen molar-refractivity contribution in [2.45, 2.75) is 11.3 Å². The van der Waals surface area contributed by atoms with Crippen LogP contribution in [0.2, 0.25) is 0 Å². The monoisotopic (exact) mass is 307 g/mol. The molecule has 6 nitrogen and oxygen atoms in total. The molecule has 8 heteroatoms. The van der Waals surface area contributed by atoms with Gasteiger partial charge >= 0.3 is 0 Å². The number of fused-ring (bicyclic) bond motifs is 1. The summed E-state index contributed by atoms with van der Waals surface area (Å²) < 4.78 is 39.6. The van der Waals surface area contributed by atoms with Gasteiger partial charge in [-0.2, -0.15) is 4.39 Å². The average molecular weight is 307 g/mol. The van der Waals surface area contributed by atoms with E-state index < -0.39 is 16.0 Å². The quantitative estimate of drug-likeness (QED) is 0.841. The Bertz CT molecular complexity index is 836. The van der Waals surface area contributed by atoms with E-state index in [9.17, 15) is 17.6 Å². The maximum Gasteiger partial charge on any atom is 0.263 e. The maximum absolute atomic E-state index is 13.0. The standard InChI is InChI=1S/C13H10FN3O3S/c14-11-2-1-3-12(16-11)17-21(19,20)9-4-5-10-8(6-9)7-13(18)15-10/h1-6H,7H2,(H,15,18)(H,16,17). The van der Waals surface area contributed by atoms with Crippen molar-refractivity contribution >= 4 is 27.4 Å². The number of amides is 1. The normalized spacial score (nSPS) is 13.7. The number of halogens is 1. The van der Waals surface area contributed by atoms with Gasteiger partial charge in [-0.15, -0.1) is 0 Å². The van der Waals surface area contributed by atoms with Crippen LogP contribution in [0.4, 0.5) is 15.9 Å². The fourth-order valence-corrected chi connectivity index (χ4v) is 3.09. The fraction of sp³-hybridized carbons (Fsp3) is 0.0769. The Hall–Kier alpha value is -2.48. The first kappa shape index (κ1) is 13.5. The zero-order valence-electron chi connectivity index (χ0n) is 10.6. The predicted octanol–water partition coefficient (Wildman–Crippen LogP) is 1.52. The highest BCUT2D eigenvalue weighted by atomic mass is 32.2. The third-order valence-electron chi connectivity index (χ3n) is 2.97. The molecule has 0 atom stereocenters. The number of nitrogens with one attached hydrogen (secondary N) is 2. The van der Waals surface area contributed by atoms with Crippen LogP contribution in [0.5, 0.6) is 0 Å². The maximum atomic E-state index is 13.0. The Morgan fingerprint density at radius 1 is 1.24 bits per heavy atom. The summed E-state index contributed by atoms with van der Waals surface area (Å²) in [5, 5.41) is 2.62. The topological polar surface area (TPSA) is 88.2 Å². The summed E-state index contributed by atoms with van der Waals surface area (Å²) in [6.45, 7) is 0. The number of benzene rings is 1. The van der Waals surface area contributed by atoms with Crippen LogP contribution in [0.15, 0.2) is 41.3 Å². The third kappa shape index (κ3) is 2.70. The van der Waals surface area contributed by atoms with E-state index in [1.807, 2.05) is 0 Å². The lowest BCUT2D eigenvalue weighted by Gasteiger charge is -2.08. The van der Waals surface area contributed by atoms with Crippen molar-refractivity contribution in [1.29, 1.82) is 0 Å². The van der Waals surface area contributed by atoms with E-state index in [0.29, 0.717) is 11.3 Å². The SMILES string of the molecule is O=C1Cc2cc(S(=O)(=O)Nc3cccc(F)n3)ccc2N1. The Balaban J connectivity index is 1.92. The molecule has 0 fully saturated rings. The number of carbonyl (C=O) groups excluding carboxylic acids is 1. The molecule has 21 heavy (non-hydrogen) atoms. The van der Waals surface area contributed by atoms with E-state index in [1.165, 1.54) is 30.3 Å². The second-order valence-electron chi connectivity index (χ2n) is 4.49. The number of sulfonamides is 1. The Morgan fingerprint density at radius 3 is 2.81 bits per heavy atom. The summed E-state index contributed by atoms with van der Waals surface area (Å²) in [6.07, 6.45) is 0.136. The molecule has 0 aliphatic carbocycles. The molecule has 0 radical (unpaired) electrons. The molecule has 0 unspecified atom stereocenters. The van der Waals surface area contributed by atoms with Gasteiger partial charge in [0, 0.05) is 5.69 Å². The molecular formula is C13H10FN3O3S. The molecule has 0 saturated heterocycles. The molecule has 1 aliphatic rings. The number of nitrogens with zero attached hydrogens (tertiary/aromatic N) is 1. The molecule has 108 valence electrons. The Labute approximate surface area is 120 Å². The number of rotatable bonds is 3. The summed E-state index contributed by atoms with van der Waals surface area (Å²) in [5.41, 5.74) is 1.21. The molecule has 2 heterocycles. The highest BCUT2D eigenvalue weighted by Crippen LogP contribution is 2.26. The zero-order chi connectivity index (χ0) is 15.0. The van der Waals surface area contributed by atoms with Gasteiger partial charge in [-0.1, -0.05) is 6.07 Å². The first-order chi connectivity index (χ1) is 9.94. The van der Waals surface area contributed by atoms with E-state index in [1.54, 1.807) is 0 Å². The number of aromatic nitrogens is 1. The zero-order valence-corrected chi connectivity index (χ0v) is 11.4. The minimum Gasteiger partial charge on any atom is -0.326 e. The van der Waals surface area contributed by atoms with Crippen molar-refractivity contribution < 1.29 is 17.6 Å². The van der Waals surface area contributed by atoms with Crippen molar-refractivity contribution in [2.24, 2.45) is 0 Å². The summed E-state index contributed by atoms with van der Waals surface area (Å²) in [5.74, 6) is -1.07. The molecule has 0 bridgehead atoms. The van der Waals surface area contributed by atoms with Gasteiger partial charge in [-0.25, -0.2) is 13.4 Å². The number of hydrogen-bond acceptors (Lipinski definition) is 4. The van der Waals surface area contributed by atoms with Crippen LogP contribution in [0, 0.1) is 5.95 Å². The number of hydrogen-bond donors (Lipinski definition) is 2. The van der Waals surface area contributed by atoms with Gasteiger partial charge in [0.2, 0.25) is 11.9 Å². The number of pyridine rings is 1. The largest absolute Gasteiger partial charge is 0.326 e. The molecule has 2 N–H and O–H groups in total. The van der Waals surface area contributed by atoms with Gasteiger partial charge in [0.15, 0.2) is 0 Å². The number of carbonyl (C=O) groups is 1. The van der Waals surface area contributed by atoms with E-state index in [4.69, 9.17) is 0 Å². The minimum absolute atomic E-state index is 0.0104. The van der Waals surface area contributed by atoms with Gasteiger partial charge < -0.3 is 5.32 Å². The van der Waals surface area contributed by atoms with Crippen LogP contribution in [0.3, 0.4) is 0 Å². The van der Waals surface area contributed by atoms with Crippen LogP contribution in [-0.2, 0) is 21.2 Å². The lowest BCUT2D eigenvalue weighted by atomic mass is 10.2. The van der Waals surface area contributed by atoms with Crippen LogP contribution in [0.1, 0.15) is 5.56 Å². The van der Waals surface area contributed by atoms with Gasteiger partial charge in [0.05, 0.1) is 11.3 Å². The van der Waals surface area contributed by atoms with Crippen molar-refractivity contribution in [1.82, 2.24) is 4.98 Å². The lowest BCUT2D eigenvalue weighted by molar-refractivity contribution is -0.115. The van der Waals surface area contributed by atoms with Crippen LogP contribution < -0.4 is 10.0 Å². The van der Waals surface area contributed by atoms with E-state index in [-0.39, 0.29) is 23.0 Å². The summed E-state index contributed by atoms with van der Waals surface area (Å²) in [6, 6.07) is 8.11. The van der Waals surface area contributed by atoms with Gasteiger partial charge in [0.25, 0.3) is 10.0 Å². The van der Waals surface area contributed by atoms with Crippen molar-refractivity contribution in [2.75, 3.05) is 10.0 Å².